The molecule has 1 saturated carbocycles. The molecule has 0 spiro atoms. The minimum Gasteiger partial charge on any atom is -0.461 e. The Morgan fingerprint density at radius 2 is 1.91 bits per heavy atom. The Morgan fingerprint density at radius 3 is 2.66 bits per heavy atom. The average Bonchev–Trinajstić information content (AvgIpc) is 3.50. The van der Waals surface area contributed by atoms with Gasteiger partial charge in [0.1, 0.15) is 17.9 Å². The predicted molar refractivity (Wildman–Crippen MR) is 135 cm³/mol. The Bertz CT molecular complexity index is 1370. The molecule has 2 aromatic carbocycles. The van der Waals surface area contributed by atoms with Gasteiger partial charge in [-0.3, -0.25) is 0 Å². The van der Waals surface area contributed by atoms with Crippen molar-refractivity contribution in [1.82, 2.24) is 14.5 Å². The molecule has 0 aliphatic heterocycles. The Labute approximate surface area is 204 Å². The third-order valence-electron chi connectivity index (χ3n) is 7.01. The van der Waals surface area contributed by atoms with E-state index in [0.29, 0.717) is 18.8 Å². The molecule has 0 bridgehead atoms. The van der Waals surface area contributed by atoms with Crippen molar-refractivity contribution in [1.29, 1.82) is 5.26 Å². The standard InChI is InChI=1S/C28H28FN5O/c1-20-15-22-5-4-6-25(35-18-29)27(22)34(20)14-13-31-26-16-24(32-19-33-26)21-7-9-23(10-8-21)28(17-30)11-2-3-12-28/h4-10,15-16,19H,2-3,11-14,18H2,1H3,(H,31,32,33). The van der Waals surface area contributed by atoms with Crippen LogP contribution in [0.25, 0.3) is 22.2 Å². The van der Waals surface area contributed by atoms with E-state index in [0.717, 1.165) is 64.9 Å². The summed E-state index contributed by atoms with van der Waals surface area (Å²) in [6.45, 7) is 2.48. The van der Waals surface area contributed by atoms with Crippen LogP contribution in [-0.2, 0) is 12.0 Å². The van der Waals surface area contributed by atoms with Crippen molar-refractivity contribution in [3.8, 4) is 23.1 Å². The summed E-state index contributed by atoms with van der Waals surface area (Å²) in [4.78, 5) is 8.82. The fraction of sp³-hybridized carbons (Fsp3) is 0.321. The van der Waals surface area contributed by atoms with E-state index in [9.17, 15) is 9.65 Å². The van der Waals surface area contributed by atoms with Gasteiger partial charge < -0.3 is 14.6 Å². The minimum atomic E-state index is -0.857. The lowest BCUT2D eigenvalue weighted by molar-refractivity contribution is 0.193. The van der Waals surface area contributed by atoms with Gasteiger partial charge in [-0.1, -0.05) is 49.2 Å². The van der Waals surface area contributed by atoms with Crippen LogP contribution in [0.3, 0.4) is 0 Å². The number of ether oxygens (including phenoxy) is 1. The average molecular weight is 470 g/mol. The lowest BCUT2D eigenvalue weighted by Crippen LogP contribution is -2.18. The molecule has 6 nitrogen and oxygen atoms in total. The monoisotopic (exact) mass is 469 g/mol. The van der Waals surface area contributed by atoms with E-state index in [-0.39, 0.29) is 5.41 Å². The van der Waals surface area contributed by atoms with Gasteiger partial charge in [-0.2, -0.15) is 5.26 Å². The van der Waals surface area contributed by atoms with Gasteiger partial charge >= 0.3 is 0 Å². The van der Waals surface area contributed by atoms with Gasteiger partial charge in [-0.05, 0) is 37.5 Å². The van der Waals surface area contributed by atoms with Crippen LogP contribution >= 0.6 is 0 Å². The molecule has 5 rings (SSSR count). The number of aryl methyl sites for hydroxylation is 1. The SMILES string of the molecule is Cc1cc2cccc(OCF)c2n1CCNc1cc(-c2ccc(C3(C#N)CCCC3)cc2)ncn1. The number of hydrogen-bond donors (Lipinski definition) is 1. The van der Waals surface area contributed by atoms with Gasteiger partial charge in [-0.15, -0.1) is 0 Å². The highest BCUT2D eigenvalue weighted by Gasteiger charge is 2.35. The molecule has 1 aliphatic carbocycles. The Kier molecular flexibility index (Phi) is 6.37. The summed E-state index contributed by atoms with van der Waals surface area (Å²) in [6.07, 6.45) is 5.64. The van der Waals surface area contributed by atoms with Crippen molar-refractivity contribution in [2.24, 2.45) is 0 Å². The number of benzene rings is 2. The highest BCUT2D eigenvalue weighted by Crippen LogP contribution is 2.41. The maximum Gasteiger partial charge on any atom is 0.228 e. The molecule has 0 amide bonds. The molecule has 0 atom stereocenters. The highest BCUT2D eigenvalue weighted by atomic mass is 19.1. The molecule has 4 aromatic rings. The van der Waals surface area contributed by atoms with Gasteiger partial charge in [-0.25, -0.2) is 14.4 Å². The molecule has 7 heteroatoms. The highest BCUT2D eigenvalue weighted by molar-refractivity contribution is 5.87. The Hall–Kier alpha value is -3.92. The number of anilines is 1. The van der Waals surface area contributed by atoms with Crippen LogP contribution in [0.4, 0.5) is 10.2 Å². The normalized spacial score (nSPS) is 14.7. The van der Waals surface area contributed by atoms with Crippen molar-refractivity contribution >= 4 is 16.7 Å². The second kappa shape index (κ2) is 9.75. The van der Waals surface area contributed by atoms with Crippen LogP contribution in [0.1, 0.15) is 36.9 Å². The molecule has 0 radical (unpaired) electrons. The van der Waals surface area contributed by atoms with E-state index in [1.54, 1.807) is 12.4 Å². The molecule has 1 N–H and O–H groups in total. The third kappa shape index (κ3) is 4.44. The van der Waals surface area contributed by atoms with Crippen LogP contribution in [-0.4, -0.2) is 27.9 Å². The van der Waals surface area contributed by atoms with E-state index in [2.05, 4.69) is 44.1 Å². The van der Waals surface area contributed by atoms with Crippen LogP contribution in [0.15, 0.2) is 60.9 Å². The van der Waals surface area contributed by atoms with Gasteiger partial charge in [0, 0.05) is 35.8 Å². The molecule has 1 aliphatic rings. The molecule has 0 saturated heterocycles. The summed E-state index contributed by atoms with van der Waals surface area (Å²) in [5.74, 6) is 1.28. The van der Waals surface area contributed by atoms with Crippen molar-refractivity contribution < 1.29 is 9.13 Å². The zero-order valence-corrected chi connectivity index (χ0v) is 19.8. The largest absolute Gasteiger partial charge is 0.461 e. The number of halogens is 1. The number of alkyl halides is 1. The lowest BCUT2D eigenvalue weighted by atomic mass is 9.80. The summed E-state index contributed by atoms with van der Waals surface area (Å²) in [5.41, 5.74) is 4.55. The summed E-state index contributed by atoms with van der Waals surface area (Å²) in [6, 6.07) is 20.5. The van der Waals surface area contributed by atoms with Crippen molar-refractivity contribution in [2.45, 2.75) is 44.6 Å². The molecule has 0 unspecified atom stereocenters. The van der Waals surface area contributed by atoms with Crippen molar-refractivity contribution in [2.75, 3.05) is 18.7 Å². The molecule has 35 heavy (non-hydrogen) atoms. The van der Waals surface area contributed by atoms with Gasteiger partial charge in [0.25, 0.3) is 0 Å². The number of nitrogens with one attached hydrogen (secondary N) is 1. The predicted octanol–water partition coefficient (Wildman–Crippen LogP) is 6.16. The summed E-state index contributed by atoms with van der Waals surface area (Å²) >= 11 is 0. The molecular weight excluding hydrogens is 441 g/mol. The number of nitrogens with zero attached hydrogens (tertiary/aromatic N) is 4. The van der Waals surface area contributed by atoms with E-state index < -0.39 is 6.86 Å². The number of nitriles is 1. The third-order valence-corrected chi connectivity index (χ3v) is 7.01. The summed E-state index contributed by atoms with van der Waals surface area (Å²) in [5, 5.41) is 14.2. The van der Waals surface area contributed by atoms with Crippen LogP contribution in [0, 0.1) is 18.3 Å². The first-order chi connectivity index (χ1) is 17.1. The fourth-order valence-corrected chi connectivity index (χ4v) is 5.20. The number of hydrogen-bond acceptors (Lipinski definition) is 5. The van der Waals surface area contributed by atoms with Crippen molar-refractivity contribution in [3.05, 3.63) is 72.2 Å². The van der Waals surface area contributed by atoms with Crippen molar-refractivity contribution in [3.63, 3.8) is 0 Å². The maximum absolute atomic E-state index is 12.9. The van der Waals surface area contributed by atoms with E-state index in [1.807, 2.05) is 37.3 Å². The molecular formula is C28H28FN5O. The fourth-order valence-electron chi connectivity index (χ4n) is 5.20. The Morgan fingerprint density at radius 1 is 1.11 bits per heavy atom. The summed E-state index contributed by atoms with van der Waals surface area (Å²) < 4.78 is 20.2. The topological polar surface area (TPSA) is 75.8 Å². The van der Waals surface area contributed by atoms with E-state index >= 15 is 0 Å². The first-order valence-electron chi connectivity index (χ1n) is 12.0. The number of rotatable bonds is 8. The number of aromatic nitrogens is 3. The first kappa shape index (κ1) is 22.9. The molecule has 2 heterocycles. The van der Waals surface area contributed by atoms with Crippen LogP contribution < -0.4 is 10.1 Å². The summed E-state index contributed by atoms with van der Waals surface area (Å²) in [7, 11) is 0. The minimum absolute atomic E-state index is 0.340. The lowest BCUT2D eigenvalue weighted by Gasteiger charge is -2.20. The zero-order valence-electron chi connectivity index (χ0n) is 19.8. The zero-order chi connectivity index (χ0) is 24.3. The molecule has 178 valence electrons. The first-order valence-corrected chi connectivity index (χ1v) is 12.0. The second-order valence-electron chi connectivity index (χ2n) is 9.08. The molecule has 1 fully saturated rings. The van der Waals surface area contributed by atoms with Gasteiger partial charge in [0.05, 0.1) is 22.7 Å². The van der Waals surface area contributed by atoms with Gasteiger partial charge in [0.2, 0.25) is 6.86 Å². The van der Waals surface area contributed by atoms with E-state index in [4.69, 9.17) is 4.74 Å². The van der Waals surface area contributed by atoms with Crippen LogP contribution in [0.2, 0.25) is 0 Å². The maximum atomic E-state index is 12.9. The Balaban J connectivity index is 1.30. The molecule has 2 aromatic heterocycles. The number of para-hydroxylation sites is 1. The quantitative estimate of drug-likeness (QED) is 0.334. The van der Waals surface area contributed by atoms with E-state index in [1.165, 1.54) is 0 Å². The smallest absolute Gasteiger partial charge is 0.228 e. The number of fused-ring (bicyclic) bond motifs is 1. The van der Waals surface area contributed by atoms with Gasteiger partial charge in [0.15, 0.2) is 0 Å². The van der Waals surface area contributed by atoms with Crippen LogP contribution in [0.5, 0.6) is 5.75 Å². The second-order valence-corrected chi connectivity index (χ2v) is 9.08.